The quantitative estimate of drug-likeness (QED) is 0.718. The first kappa shape index (κ1) is 11.5. The van der Waals surface area contributed by atoms with Gasteiger partial charge in [0, 0.05) is 0 Å². The van der Waals surface area contributed by atoms with Crippen LogP contribution in [0.4, 0.5) is 0 Å². The summed E-state index contributed by atoms with van der Waals surface area (Å²) < 4.78 is 0. The van der Waals surface area contributed by atoms with E-state index in [1.165, 1.54) is 41.0 Å². The Morgan fingerprint density at radius 1 is 1.06 bits per heavy atom. The van der Waals surface area contributed by atoms with Gasteiger partial charge in [0.2, 0.25) is 0 Å². The van der Waals surface area contributed by atoms with Crippen molar-refractivity contribution in [2.75, 3.05) is 0 Å². The summed E-state index contributed by atoms with van der Waals surface area (Å²) >= 11 is 0. The normalized spacial score (nSPS) is 18.1. The smallest absolute Gasteiger partial charge is 0.130 e. The Labute approximate surface area is 108 Å². The number of aldehydes is 1. The average Bonchev–Trinajstić information content (AvgIpc) is 2.88. The molecule has 0 aliphatic heterocycles. The number of benzene rings is 2. The van der Waals surface area contributed by atoms with E-state index in [0.717, 1.165) is 12.8 Å². The van der Waals surface area contributed by atoms with E-state index < -0.39 is 0 Å². The lowest BCUT2D eigenvalue weighted by atomic mass is 9.77. The minimum atomic E-state index is -0.231. The van der Waals surface area contributed by atoms with Crippen molar-refractivity contribution >= 4 is 17.1 Å². The van der Waals surface area contributed by atoms with Gasteiger partial charge in [0.15, 0.2) is 0 Å². The SMILES string of the molecule is Cc1cccc2cccc(C3(C=O)CCCC3)c12. The Balaban J connectivity index is 2.32. The molecular weight excluding hydrogens is 220 g/mol. The Hall–Kier alpha value is -1.63. The number of hydrogen-bond donors (Lipinski definition) is 0. The van der Waals surface area contributed by atoms with E-state index in [9.17, 15) is 4.79 Å². The first-order chi connectivity index (χ1) is 8.77. The molecule has 0 unspecified atom stereocenters. The lowest BCUT2D eigenvalue weighted by Crippen LogP contribution is -2.24. The summed E-state index contributed by atoms with van der Waals surface area (Å²) in [6.07, 6.45) is 5.54. The van der Waals surface area contributed by atoms with Crippen molar-refractivity contribution in [2.24, 2.45) is 0 Å². The van der Waals surface area contributed by atoms with Gasteiger partial charge in [0.05, 0.1) is 5.41 Å². The monoisotopic (exact) mass is 238 g/mol. The molecule has 92 valence electrons. The van der Waals surface area contributed by atoms with Gasteiger partial charge in [0.25, 0.3) is 0 Å². The van der Waals surface area contributed by atoms with E-state index in [1.54, 1.807) is 0 Å². The fraction of sp³-hybridized carbons (Fsp3) is 0.353. The Bertz CT molecular complexity index is 586. The molecular formula is C17H18O. The van der Waals surface area contributed by atoms with Crippen LogP contribution in [0.5, 0.6) is 0 Å². The van der Waals surface area contributed by atoms with Gasteiger partial charge in [-0.3, -0.25) is 0 Å². The minimum absolute atomic E-state index is 0.231. The van der Waals surface area contributed by atoms with E-state index in [-0.39, 0.29) is 5.41 Å². The molecule has 1 aliphatic rings. The fourth-order valence-electron chi connectivity index (χ4n) is 3.40. The molecule has 0 atom stereocenters. The molecule has 1 saturated carbocycles. The molecule has 18 heavy (non-hydrogen) atoms. The van der Waals surface area contributed by atoms with Gasteiger partial charge in [-0.2, -0.15) is 0 Å². The predicted octanol–water partition coefficient (Wildman–Crippen LogP) is 4.16. The second kappa shape index (κ2) is 4.24. The molecule has 0 bridgehead atoms. The maximum Gasteiger partial charge on any atom is 0.130 e. The van der Waals surface area contributed by atoms with Crippen LogP contribution in [0.25, 0.3) is 10.8 Å². The highest BCUT2D eigenvalue weighted by Crippen LogP contribution is 2.42. The van der Waals surface area contributed by atoms with Crippen molar-refractivity contribution < 1.29 is 4.79 Å². The van der Waals surface area contributed by atoms with E-state index in [4.69, 9.17) is 0 Å². The van der Waals surface area contributed by atoms with Crippen LogP contribution in [0.3, 0.4) is 0 Å². The van der Waals surface area contributed by atoms with Crippen LogP contribution in [0, 0.1) is 6.92 Å². The minimum Gasteiger partial charge on any atom is -0.302 e. The van der Waals surface area contributed by atoms with Crippen LogP contribution < -0.4 is 0 Å². The first-order valence-corrected chi connectivity index (χ1v) is 6.72. The molecule has 3 rings (SSSR count). The van der Waals surface area contributed by atoms with Gasteiger partial charge in [-0.05, 0) is 41.7 Å². The standard InChI is InChI=1S/C17H18O/c1-13-6-4-7-14-8-5-9-15(16(13)14)17(12-18)10-2-3-11-17/h4-9,12H,2-3,10-11H2,1H3. The molecule has 0 aromatic heterocycles. The molecule has 2 aromatic rings. The highest BCUT2D eigenvalue weighted by molar-refractivity contribution is 5.92. The van der Waals surface area contributed by atoms with Crippen LogP contribution >= 0.6 is 0 Å². The van der Waals surface area contributed by atoms with Crippen molar-refractivity contribution in [2.45, 2.75) is 38.0 Å². The summed E-state index contributed by atoms with van der Waals surface area (Å²) in [7, 11) is 0. The van der Waals surface area contributed by atoms with Gasteiger partial charge in [-0.1, -0.05) is 49.2 Å². The van der Waals surface area contributed by atoms with Crippen LogP contribution in [0.2, 0.25) is 0 Å². The van der Waals surface area contributed by atoms with Crippen molar-refractivity contribution in [1.82, 2.24) is 0 Å². The zero-order valence-electron chi connectivity index (χ0n) is 10.8. The van der Waals surface area contributed by atoms with E-state index >= 15 is 0 Å². The molecule has 1 heteroatoms. The summed E-state index contributed by atoms with van der Waals surface area (Å²) in [4.78, 5) is 11.7. The highest BCUT2D eigenvalue weighted by Gasteiger charge is 2.36. The molecule has 0 amide bonds. The molecule has 0 radical (unpaired) electrons. The highest BCUT2D eigenvalue weighted by atomic mass is 16.1. The van der Waals surface area contributed by atoms with Crippen molar-refractivity contribution in [1.29, 1.82) is 0 Å². The fourth-order valence-corrected chi connectivity index (χ4v) is 3.40. The van der Waals surface area contributed by atoms with Gasteiger partial charge in [-0.15, -0.1) is 0 Å². The molecule has 0 spiro atoms. The number of rotatable bonds is 2. The molecule has 0 heterocycles. The molecule has 0 saturated heterocycles. The van der Waals surface area contributed by atoms with Crippen LogP contribution in [-0.4, -0.2) is 6.29 Å². The zero-order valence-corrected chi connectivity index (χ0v) is 10.8. The number of fused-ring (bicyclic) bond motifs is 1. The van der Waals surface area contributed by atoms with E-state index in [2.05, 4.69) is 43.3 Å². The maximum absolute atomic E-state index is 11.7. The molecule has 1 aliphatic carbocycles. The second-order valence-corrected chi connectivity index (χ2v) is 5.46. The summed E-state index contributed by atoms with van der Waals surface area (Å²) in [5.41, 5.74) is 2.29. The van der Waals surface area contributed by atoms with Gasteiger partial charge < -0.3 is 4.79 Å². The third-order valence-corrected chi connectivity index (χ3v) is 4.37. The summed E-state index contributed by atoms with van der Waals surface area (Å²) in [6, 6.07) is 12.7. The number of aryl methyl sites for hydroxylation is 1. The van der Waals surface area contributed by atoms with Crippen molar-refractivity contribution in [3.8, 4) is 0 Å². The Morgan fingerprint density at radius 2 is 1.72 bits per heavy atom. The molecule has 0 N–H and O–H groups in total. The average molecular weight is 238 g/mol. The largest absolute Gasteiger partial charge is 0.302 e. The van der Waals surface area contributed by atoms with Crippen molar-refractivity contribution in [3.63, 3.8) is 0 Å². The number of carbonyl (C=O) groups excluding carboxylic acids is 1. The second-order valence-electron chi connectivity index (χ2n) is 5.46. The summed E-state index contributed by atoms with van der Waals surface area (Å²) in [6.45, 7) is 2.14. The third kappa shape index (κ3) is 1.58. The summed E-state index contributed by atoms with van der Waals surface area (Å²) in [5, 5.41) is 2.54. The predicted molar refractivity (Wildman–Crippen MR) is 74.9 cm³/mol. The molecule has 1 fully saturated rings. The Morgan fingerprint density at radius 3 is 2.39 bits per heavy atom. The van der Waals surface area contributed by atoms with E-state index in [0.29, 0.717) is 0 Å². The van der Waals surface area contributed by atoms with E-state index in [1.807, 2.05) is 0 Å². The molecule has 1 nitrogen and oxygen atoms in total. The summed E-state index contributed by atoms with van der Waals surface area (Å²) in [5.74, 6) is 0. The van der Waals surface area contributed by atoms with Crippen molar-refractivity contribution in [3.05, 3.63) is 47.5 Å². The Kier molecular flexibility index (Phi) is 2.70. The number of hydrogen-bond acceptors (Lipinski definition) is 1. The maximum atomic E-state index is 11.7. The topological polar surface area (TPSA) is 17.1 Å². The van der Waals surface area contributed by atoms with Gasteiger partial charge in [-0.25, -0.2) is 0 Å². The van der Waals surface area contributed by atoms with Crippen LogP contribution in [0.15, 0.2) is 36.4 Å². The number of carbonyl (C=O) groups is 1. The lowest BCUT2D eigenvalue weighted by molar-refractivity contribution is -0.112. The molecule has 2 aromatic carbocycles. The van der Waals surface area contributed by atoms with Crippen LogP contribution in [0.1, 0.15) is 36.8 Å². The van der Waals surface area contributed by atoms with Crippen LogP contribution in [-0.2, 0) is 10.2 Å². The first-order valence-electron chi connectivity index (χ1n) is 6.72. The van der Waals surface area contributed by atoms with Gasteiger partial charge >= 0.3 is 0 Å². The zero-order chi connectivity index (χ0) is 12.6. The third-order valence-electron chi connectivity index (χ3n) is 4.37. The lowest BCUT2D eigenvalue weighted by Gasteiger charge is -2.25. The van der Waals surface area contributed by atoms with Gasteiger partial charge in [0.1, 0.15) is 6.29 Å².